The van der Waals surface area contributed by atoms with Crippen molar-refractivity contribution in [2.45, 2.75) is 52.1 Å². The first-order valence-corrected chi connectivity index (χ1v) is 14.2. The van der Waals surface area contributed by atoms with E-state index in [0.717, 1.165) is 83.8 Å². The minimum absolute atomic E-state index is 0.279. The maximum absolute atomic E-state index is 14.2. The lowest BCUT2D eigenvalue weighted by Gasteiger charge is -2.36. The molecule has 39 heavy (non-hydrogen) atoms. The summed E-state index contributed by atoms with van der Waals surface area (Å²) in [4.78, 5) is 16.6. The van der Waals surface area contributed by atoms with E-state index in [0.29, 0.717) is 5.56 Å². The van der Waals surface area contributed by atoms with Gasteiger partial charge in [0.15, 0.2) is 5.60 Å². The molecule has 0 bridgehead atoms. The molecule has 0 unspecified atom stereocenters. The quantitative estimate of drug-likeness (QED) is 0.219. The zero-order valence-electron chi connectivity index (χ0n) is 23.0. The highest BCUT2D eigenvalue weighted by atomic mass is 16.6. The van der Waals surface area contributed by atoms with E-state index in [2.05, 4.69) is 62.1 Å². The number of unbranched alkanes of at least 4 members (excludes halogenated alkanes) is 2. The van der Waals surface area contributed by atoms with Crippen molar-refractivity contribution in [2.24, 2.45) is 0 Å². The summed E-state index contributed by atoms with van der Waals surface area (Å²) < 4.78 is 12.9. The highest BCUT2D eigenvalue weighted by Crippen LogP contribution is 2.58. The average molecular weight is 518 g/mol. The highest BCUT2D eigenvalue weighted by Gasteiger charge is 2.54. The van der Waals surface area contributed by atoms with Crippen molar-refractivity contribution in [2.75, 3.05) is 18.0 Å². The Balaban J connectivity index is 1.65. The fourth-order valence-electron chi connectivity index (χ4n) is 6.02. The zero-order chi connectivity index (χ0) is 27.0. The highest BCUT2D eigenvalue weighted by molar-refractivity contribution is 6.06. The normalized spacial score (nSPS) is 14.3. The Labute approximate surface area is 231 Å². The second kappa shape index (κ2) is 10.3. The number of carbonyl (C=O) groups is 1. The van der Waals surface area contributed by atoms with E-state index in [1.807, 2.05) is 48.5 Å². The number of hydrogen-bond acceptors (Lipinski definition) is 4. The third-order valence-corrected chi connectivity index (χ3v) is 8.00. The summed E-state index contributed by atoms with van der Waals surface area (Å²) in [6.45, 7) is 8.31. The summed E-state index contributed by atoms with van der Waals surface area (Å²) in [5.74, 6) is 1.16. The zero-order valence-corrected chi connectivity index (χ0v) is 23.0. The number of anilines is 1. The first-order valence-electron chi connectivity index (χ1n) is 14.2. The Morgan fingerprint density at radius 1 is 0.718 bits per heavy atom. The molecule has 198 valence electrons. The molecular formula is C35H35NO3. The number of carbonyl (C=O) groups excluding carboxylic acids is 1. The molecule has 0 radical (unpaired) electrons. The van der Waals surface area contributed by atoms with Crippen molar-refractivity contribution >= 4 is 11.7 Å². The molecule has 1 spiro atoms. The van der Waals surface area contributed by atoms with Gasteiger partial charge in [-0.15, -0.1) is 0 Å². The van der Waals surface area contributed by atoms with Crippen LogP contribution < -0.4 is 9.64 Å². The third-order valence-electron chi connectivity index (χ3n) is 8.00. The molecule has 2 aliphatic rings. The minimum Gasteiger partial charge on any atom is -0.456 e. The summed E-state index contributed by atoms with van der Waals surface area (Å²) in [5, 5.41) is 0. The second-order valence-corrected chi connectivity index (χ2v) is 10.6. The van der Waals surface area contributed by atoms with Crippen LogP contribution in [0.15, 0.2) is 84.9 Å². The number of fused-ring (bicyclic) bond motifs is 6. The maximum atomic E-state index is 14.2. The van der Waals surface area contributed by atoms with Crippen molar-refractivity contribution in [1.29, 1.82) is 0 Å². The van der Waals surface area contributed by atoms with E-state index >= 15 is 0 Å². The van der Waals surface area contributed by atoms with Gasteiger partial charge in [-0.05, 0) is 37.5 Å². The average Bonchev–Trinajstić information content (AvgIpc) is 3.26. The van der Waals surface area contributed by atoms with Gasteiger partial charge < -0.3 is 14.4 Å². The summed E-state index contributed by atoms with van der Waals surface area (Å²) in [5.41, 5.74) is 6.61. The van der Waals surface area contributed by atoms with Crippen LogP contribution in [-0.4, -0.2) is 19.1 Å². The predicted molar refractivity (Wildman–Crippen MR) is 157 cm³/mol. The lowest BCUT2D eigenvalue weighted by Crippen LogP contribution is -2.33. The van der Waals surface area contributed by atoms with Gasteiger partial charge >= 0.3 is 5.97 Å². The molecule has 2 heterocycles. The smallest absolute Gasteiger partial charge is 0.342 e. The van der Waals surface area contributed by atoms with E-state index in [4.69, 9.17) is 9.47 Å². The molecule has 0 atom stereocenters. The van der Waals surface area contributed by atoms with Crippen LogP contribution in [0, 0.1) is 6.92 Å². The van der Waals surface area contributed by atoms with Gasteiger partial charge in [-0.25, -0.2) is 4.79 Å². The van der Waals surface area contributed by atoms with Crippen molar-refractivity contribution in [3.8, 4) is 22.6 Å². The van der Waals surface area contributed by atoms with Gasteiger partial charge in [-0.1, -0.05) is 105 Å². The molecule has 0 amide bonds. The first kappa shape index (κ1) is 25.2. The van der Waals surface area contributed by atoms with E-state index in [-0.39, 0.29) is 5.97 Å². The van der Waals surface area contributed by atoms with Crippen LogP contribution in [0.1, 0.15) is 72.1 Å². The SMILES string of the molecule is CCCCN(CCCC)c1c(-c2ccc(C)cc2)ccc2c1C(=O)OC21c2ccccc2Oc2ccccc21. The number of nitrogens with zero attached hydrogens (tertiary/aromatic N) is 1. The van der Waals surface area contributed by atoms with Gasteiger partial charge in [0, 0.05) is 35.3 Å². The molecule has 4 aromatic rings. The molecule has 0 aliphatic carbocycles. The largest absolute Gasteiger partial charge is 0.456 e. The van der Waals surface area contributed by atoms with Crippen LogP contribution in [0.2, 0.25) is 0 Å². The molecule has 6 rings (SSSR count). The second-order valence-electron chi connectivity index (χ2n) is 10.6. The summed E-state index contributed by atoms with van der Waals surface area (Å²) in [6.07, 6.45) is 4.29. The number of benzene rings is 4. The van der Waals surface area contributed by atoms with E-state index in [1.54, 1.807) is 0 Å². The van der Waals surface area contributed by atoms with Gasteiger partial charge in [-0.2, -0.15) is 0 Å². The molecule has 4 aromatic carbocycles. The molecule has 4 nitrogen and oxygen atoms in total. The molecule has 2 aliphatic heterocycles. The van der Waals surface area contributed by atoms with Crippen molar-refractivity contribution < 1.29 is 14.3 Å². The molecule has 0 fully saturated rings. The standard InChI is InChI=1S/C35H35NO3/c1-4-6-22-36(23-7-5-2)33-26(25-18-16-24(3)17-19-25)20-21-29-32(33)34(37)39-35(29)27-12-8-10-14-30(27)38-31-15-11-9-13-28(31)35/h8-21H,4-7,22-23H2,1-3H3. The number of aryl methyl sites for hydroxylation is 1. The molecule has 0 saturated heterocycles. The van der Waals surface area contributed by atoms with Gasteiger partial charge in [0.25, 0.3) is 0 Å². The topological polar surface area (TPSA) is 38.8 Å². The van der Waals surface area contributed by atoms with Gasteiger partial charge in [0.1, 0.15) is 11.5 Å². The van der Waals surface area contributed by atoms with E-state index in [9.17, 15) is 4.79 Å². The number of ether oxygens (including phenoxy) is 2. The Bertz CT molecular complexity index is 1470. The van der Waals surface area contributed by atoms with Crippen LogP contribution in [0.4, 0.5) is 5.69 Å². The summed E-state index contributed by atoms with van der Waals surface area (Å²) in [7, 11) is 0. The maximum Gasteiger partial charge on any atom is 0.342 e. The Morgan fingerprint density at radius 3 is 1.90 bits per heavy atom. The van der Waals surface area contributed by atoms with E-state index in [1.165, 1.54) is 5.56 Å². The number of para-hydroxylation sites is 2. The van der Waals surface area contributed by atoms with Crippen LogP contribution >= 0.6 is 0 Å². The fraction of sp³-hybridized carbons (Fsp3) is 0.286. The molecular weight excluding hydrogens is 482 g/mol. The van der Waals surface area contributed by atoms with Crippen LogP contribution in [0.3, 0.4) is 0 Å². The summed E-state index contributed by atoms with van der Waals surface area (Å²) in [6, 6.07) is 28.7. The predicted octanol–water partition coefficient (Wildman–Crippen LogP) is 8.64. The lowest BCUT2D eigenvalue weighted by molar-refractivity contribution is 0.0224. The van der Waals surface area contributed by atoms with Crippen LogP contribution in [-0.2, 0) is 10.3 Å². The Hall–Kier alpha value is -4.05. The fourth-order valence-corrected chi connectivity index (χ4v) is 6.02. The lowest BCUT2D eigenvalue weighted by atomic mass is 9.77. The minimum atomic E-state index is -1.06. The monoisotopic (exact) mass is 517 g/mol. The van der Waals surface area contributed by atoms with E-state index < -0.39 is 5.60 Å². The van der Waals surface area contributed by atoms with Crippen molar-refractivity contribution in [3.63, 3.8) is 0 Å². The number of rotatable bonds is 8. The number of esters is 1. The van der Waals surface area contributed by atoms with Gasteiger partial charge in [-0.3, -0.25) is 0 Å². The molecule has 0 saturated carbocycles. The van der Waals surface area contributed by atoms with Crippen LogP contribution in [0.5, 0.6) is 11.5 Å². The summed E-state index contributed by atoms with van der Waals surface area (Å²) >= 11 is 0. The van der Waals surface area contributed by atoms with Gasteiger partial charge in [0.05, 0.1) is 11.3 Å². The molecule has 0 aromatic heterocycles. The number of hydrogen-bond donors (Lipinski definition) is 0. The third kappa shape index (κ3) is 4.10. The van der Waals surface area contributed by atoms with Crippen molar-refractivity contribution in [3.05, 3.63) is 113 Å². The van der Waals surface area contributed by atoms with Gasteiger partial charge in [0.2, 0.25) is 0 Å². The first-order chi connectivity index (χ1) is 19.1. The van der Waals surface area contributed by atoms with Crippen LogP contribution in [0.25, 0.3) is 11.1 Å². The Kier molecular flexibility index (Phi) is 6.64. The molecule has 0 N–H and O–H groups in total. The van der Waals surface area contributed by atoms with Crippen molar-refractivity contribution in [1.82, 2.24) is 0 Å². The molecule has 4 heteroatoms. The Morgan fingerprint density at radius 2 is 1.31 bits per heavy atom.